The molecule has 0 saturated heterocycles. The van der Waals surface area contributed by atoms with Crippen LogP contribution in [0.15, 0.2) is 182 Å². The topological polar surface area (TPSA) is 134 Å². The molecule has 10 heteroatoms. The van der Waals surface area contributed by atoms with E-state index in [1.807, 2.05) is 6.08 Å². The molecule has 0 spiro atoms. The number of rotatable bonds is 46. The van der Waals surface area contributed by atoms with Gasteiger partial charge in [-0.2, -0.15) is 0 Å². The second kappa shape index (κ2) is 54.4. The smallest absolute Gasteiger partial charge is 0.462 e. The Hall–Kier alpha value is -4.89. The molecule has 9 nitrogen and oxygen atoms in total. The number of hydrogen-bond acceptors (Lipinski definition) is 8. The second-order valence-corrected chi connectivity index (χ2v) is 17.7. The van der Waals surface area contributed by atoms with Gasteiger partial charge >= 0.3 is 19.8 Å². The Balaban J connectivity index is 4.25. The Kier molecular flexibility index (Phi) is 50.7. The molecular weight excluding hydrogens is 906 g/mol. The minimum atomic E-state index is -4.42. The lowest BCUT2D eigenvalue weighted by molar-refractivity contribution is -0.161. The van der Waals surface area contributed by atoms with Crippen LogP contribution in [0.4, 0.5) is 0 Å². The minimum Gasteiger partial charge on any atom is -0.462 e. The highest BCUT2D eigenvalue weighted by Gasteiger charge is 2.26. The molecule has 0 fully saturated rings. The molecule has 0 amide bonds. The fourth-order valence-corrected chi connectivity index (χ4v) is 6.76. The summed E-state index contributed by atoms with van der Waals surface area (Å²) in [5.74, 6) is -0.969. The van der Waals surface area contributed by atoms with E-state index in [9.17, 15) is 19.0 Å². The van der Waals surface area contributed by atoms with Crippen LogP contribution in [0.3, 0.4) is 0 Å². The standard InChI is InChI=1S/C61H92NO8P/c1-3-5-7-9-11-13-15-17-19-21-22-23-24-25-26-27-28-29-30-31-32-33-34-35-36-38-40-42-44-46-48-50-52-54-61(64)70-59(58-69-71(65,66)68-56-55-62)57-67-60(63)53-51-49-47-45-43-41-39-37-20-18-16-14-12-10-8-6-4-2/h5-8,11-14,17-20,22-23,25-26,28-29,31-32,34-35,38-41,44-47,59H,3-4,9-10,15-16,21,24,27,30,33,36-37,42-43,48-58,62H2,1-2H3,(H,65,66)/b7-5-,8-6-,13-11-,14-12-,19-17-,20-18-,23-22-,26-25-,29-28-,32-31-,35-34-,40-38-,41-39-,46-44-,47-45-. The van der Waals surface area contributed by atoms with E-state index >= 15 is 0 Å². The zero-order valence-corrected chi connectivity index (χ0v) is 44.5. The fraction of sp³-hybridized carbons (Fsp3) is 0.475. The van der Waals surface area contributed by atoms with Crippen LogP contribution in [0.25, 0.3) is 0 Å². The van der Waals surface area contributed by atoms with Gasteiger partial charge in [0.15, 0.2) is 6.10 Å². The molecule has 0 aliphatic heterocycles. The van der Waals surface area contributed by atoms with Crippen LogP contribution in [0.2, 0.25) is 0 Å². The van der Waals surface area contributed by atoms with Gasteiger partial charge in [-0.3, -0.25) is 18.6 Å². The number of hydrogen-bond donors (Lipinski definition) is 2. The molecule has 71 heavy (non-hydrogen) atoms. The molecule has 3 N–H and O–H groups in total. The van der Waals surface area contributed by atoms with Gasteiger partial charge in [-0.1, -0.05) is 196 Å². The van der Waals surface area contributed by atoms with E-state index in [0.29, 0.717) is 19.3 Å². The summed E-state index contributed by atoms with van der Waals surface area (Å²) >= 11 is 0. The van der Waals surface area contributed by atoms with Crippen LogP contribution < -0.4 is 5.73 Å². The molecule has 2 atom stereocenters. The first-order valence-electron chi connectivity index (χ1n) is 26.3. The molecule has 0 aromatic rings. The summed E-state index contributed by atoms with van der Waals surface area (Å²) in [5, 5.41) is 0. The molecule has 0 aromatic carbocycles. The maximum atomic E-state index is 12.6. The lowest BCUT2D eigenvalue weighted by Gasteiger charge is -2.19. The third-order valence-electron chi connectivity index (χ3n) is 9.79. The van der Waals surface area contributed by atoms with E-state index in [0.717, 1.165) is 109 Å². The molecular formula is C61H92NO8P. The van der Waals surface area contributed by atoms with Crippen molar-refractivity contribution in [2.24, 2.45) is 5.73 Å². The molecule has 2 unspecified atom stereocenters. The van der Waals surface area contributed by atoms with Gasteiger partial charge in [0.2, 0.25) is 0 Å². The van der Waals surface area contributed by atoms with Gasteiger partial charge in [-0.05, 0) is 128 Å². The van der Waals surface area contributed by atoms with Gasteiger partial charge < -0.3 is 20.1 Å². The maximum Gasteiger partial charge on any atom is 0.472 e. The maximum absolute atomic E-state index is 12.6. The van der Waals surface area contributed by atoms with E-state index in [4.69, 9.17) is 24.3 Å². The summed E-state index contributed by atoms with van der Waals surface area (Å²) < 4.78 is 32.8. The third-order valence-corrected chi connectivity index (χ3v) is 10.8. The van der Waals surface area contributed by atoms with Crippen LogP contribution in [0.5, 0.6) is 0 Å². The minimum absolute atomic E-state index is 0.0271. The number of phosphoric acid groups is 1. The molecule has 0 heterocycles. The highest BCUT2D eigenvalue weighted by Crippen LogP contribution is 2.43. The predicted molar refractivity (Wildman–Crippen MR) is 302 cm³/mol. The van der Waals surface area contributed by atoms with Crippen LogP contribution in [0, 0.1) is 0 Å². The van der Waals surface area contributed by atoms with Crippen LogP contribution >= 0.6 is 7.82 Å². The summed E-state index contributed by atoms with van der Waals surface area (Å²) in [6.45, 7) is 3.35. The average Bonchev–Trinajstić information content (AvgIpc) is 3.36. The summed E-state index contributed by atoms with van der Waals surface area (Å²) in [6.07, 6.45) is 82.4. The Morgan fingerprint density at radius 1 is 0.423 bits per heavy atom. The highest BCUT2D eigenvalue weighted by atomic mass is 31.2. The number of unbranched alkanes of at least 4 members (excludes halogenated alkanes) is 3. The number of carbonyl (C=O) groups is 2. The second-order valence-electron chi connectivity index (χ2n) is 16.3. The van der Waals surface area contributed by atoms with Crippen molar-refractivity contribution in [1.29, 1.82) is 0 Å². The normalized spacial score (nSPS) is 14.6. The van der Waals surface area contributed by atoms with Crippen molar-refractivity contribution in [3.8, 4) is 0 Å². The van der Waals surface area contributed by atoms with Crippen LogP contribution in [-0.2, 0) is 32.7 Å². The Morgan fingerprint density at radius 3 is 1.07 bits per heavy atom. The summed E-state index contributed by atoms with van der Waals surface area (Å²) in [7, 11) is -4.42. The van der Waals surface area contributed by atoms with Crippen molar-refractivity contribution < 1.29 is 37.6 Å². The molecule has 0 aliphatic carbocycles. The summed E-state index contributed by atoms with van der Waals surface area (Å²) in [4.78, 5) is 35.0. The highest BCUT2D eigenvalue weighted by molar-refractivity contribution is 7.47. The summed E-state index contributed by atoms with van der Waals surface area (Å²) in [5.41, 5.74) is 5.36. The van der Waals surface area contributed by atoms with Crippen molar-refractivity contribution >= 4 is 19.8 Å². The van der Waals surface area contributed by atoms with E-state index in [-0.39, 0.29) is 32.6 Å². The van der Waals surface area contributed by atoms with E-state index in [1.54, 1.807) is 0 Å². The lowest BCUT2D eigenvalue weighted by Crippen LogP contribution is -2.29. The van der Waals surface area contributed by atoms with Gasteiger partial charge in [-0.25, -0.2) is 4.57 Å². The number of phosphoric ester groups is 1. The fourth-order valence-electron chi connectivity index (χ4n) is 5.99. The first-order valence-corrected chi connectivity index (χ1v) is 27.8. The molecule has 0 aliphatic rings. The first kappa shape index (κ1) is 66.1. The van der Waals surface area contributed by atoms with Crippen LogP contribution in [-0.4, -0.2) is 49.3 Å². The van der Waals surface area contributed by atoms with Crippen molar-refractivity contribution in [2.45, 2.75) is 161 Å². The average molecular weight is 998 g/mol. The molecule has 394 valence electrons. The number of carbonyl (C=O) groups excluding carboxylic acids is 2. The van der Waals surface area contributed by atoms with Crippen molar-refractivity contribution in [1.82, 2.24) is 0 Å². The zero-order chi connectivity index (χ0) is 51.7. The van der Waals surface area contributed by atoms with E-state index < -0.39 is 32.5 Å². The monoisotopic (exact) mass is 998 g/mol. The SMILES string of the molecule is CC/C=C\C/C=C\C/C=C\C/C=C\C/C=C\C/C=C\C/C=C\C/C=C\C/C=C\C/C=C\CCCCC(=O)OC(COC(=O)CCC/C=C\C/C=C\C/C=C\C/C=C\C/C=C\CC)COP(=O)(O)OCCN. The quantitative estimate of drug-likeness (QED) is 0.0264. The molecule has 0 bridgehead atoms. The predicted octanol–water partition coefficient (Wildman–Crippen LogP) is 16.5. The van der Waals surface area contributed by atoms with Crippen molar-refractivity contribution in [2.75, 3.05) is 26.4 Å². The summed E-state index contributed by atoms with van der Waals surface area (Å²) in [6, 6.07) is 0. The Labute approximate surface area is 431 Å². The van der Waals surface area contributed by atoms with E-state index in [1.165, 1.54) is 0 Å². The Morgan fingerprint density at radius 2 is 0.732 bits per heavy atom. The van der Waals surface area contributed by atoms with Gasteiger partial charge in [0.05, 0.1) is 13.2 Å². The third kappa shape index (κ3) is 54.3. The number of allylic oxidation sites excluding steroid dienone is 30. The van der Waals surface area contributed by atoms with Crippen LogP contribution in [0.1, 0.15) is 155 Å². The Bertz CT molecular complexity index is 1800. The van der Waals surface area contributed by atoms with Crippen molar-refractivity contribution in [3.63, 3.8) is 0 Å². The molecule has 0 saturated carbocycles. The lowest BCUT2D eigenvalue weighted by atomic mass is 10.2. The number of ether oxygens (including phenoxy) is 2. The molecule has 0 rings (SSSR count). The van der Waals surface area contributed by atoms with Gasteiger partial charge in [0.25, 0.3) is 0 Å². The van der Waals surface area contributed by atoms with E-state index in [2.05, 4.69) is 190 Å². The zero-order valence-electron chi connectivity index (χ0n) is 43.6. The van der Waals surface area contributed by atoms with Crippen molar-refractivity contribution in [3.05, 3.63) is 182 Å². The first-order chi connectivity index (χ1) is 34.8. The van der Waals surface area contributed by atoms with Gasteiger partial charge in [0, 0.05) is 19.4 Å². The number of esters is 2. The molecule has 0 aromatic heterocycles. The van der Waals surface area contributed by atoms with Gasteiger partial charge in [-0.15, -0.1) is 0 Å². The number of nitrogens with two attached hydrogens (primary N) is 1. The molecule has 0 radical (unpaired) electrons. The van der Waals surface area contributed by atoms with Gasteiger partial charge in [0.1, 0.15) is 6.61 Å². The largest absolute Gasteiger partial charge is 0.472 e.